The number of hydrogen-bond donors (Lipinski definition) is 1. The fourth-order valence-corrected chi connectivity index (χ4v) is 4.57. The van der Waals surface area contributed by atoms with Crippen molar-refractivity contribution >= 4 is 5.97 Å². The van der Waals surface area contributed by atoms with Crippen molar-refractivity contribution in [1.82, 2.24) is 0 Å². The van der Waals surface area contributed by atoms with Gasteiger partial charge in [-0.3, -0.25) is 4.79 Å². The van der Waals surface area contributed by atoms with Crippen LogP contribution < -0.4 is 0 Å². The number of fused-ring (bicyclic) bond motifs is 3. The van der Waals surface area contributed by atoms with Crippen LogP contribution in [0.2, 0.25) is 0 Å². The van der Waals surface area contributed by atoms with Crippen molar-refractivity contribution in [2.24, 2.45) is 5.41 Å². The van der Waals surface area contributed by atoms with Gasteiger partial charge in [-0.25, -0.2) is 0 Å². The number of rotatable bonds is 3. The number of methoxy groups -OCH3 is 1. The molecule has 1 saturated heterocycles. The number of ether oxygens (including phenoxy) is 2. The molecule has 4 nitrogen and oxygen atoms in total. The Morgan fingerprint density at radius 3 is 2.62 bits per heavy atom. The fourth-order valence-electron chi connectivity index (χ4n) is 4.57. The molecule has 0 saturated carbocycles. The smallest absolute Gasteiger partial charge is 0.315 e. The Kier molecular flexibility index (Phi) is 3.48. The van der Waals surface area contributed by atoms with Gasteiger partial charge >= 0.3 is 5.97 Å². The molecule has 0 amide bonds. The highest BCUT2D eigenvalue weighted by Gasteiger charge is 2.69. The van der Waals surface area contributed by atoms with Crippen LogP contribution in [0.25, 0.3) is 0 Å². The summed E-state index contributed by atoms with van der Waals surface area (Å²) in [6.45, 7) is -0.116. The van der Waals surface area contributed by atoms with E-state index in [4.69, 9.17) is 9.47 Å². The zero-order valence-corrected chi connectivity index (χ0v) is 13.6. The first-order chi connectivity index (χ1) is 11.7. The van der Waals surface area contributed by atoms with E-state index in [-0.39, 0.29) is 12.6 Å². The van der Waals surface area contributed by atoms with Gasteiger partial charge in [0.05, 0.1) is 19.8 Å². The predicted octanol–water partition coefficient (Wildman–Crippen LogP) is 2.43. The zero-order chi connectivity index (χ0) is 16.8. The second kappa shape index (κ2) is 5.43. The molecule has 4 heteroatoms. The second-order valence-electron chi connectivity index (χ2n) is 6.58. The SMILES string of the molecule is COC(=O)[C@]12Cc3ccccc3[C@@]1(c1ccccc1)OC(CO)C2. The summed E-state index contributed by atoms with van der Waals surface area (Å²) in [5, 5.41) is 9.72. The minimum absolute atomic E-state index is 0.116. The van der Waals surface area contributed by atoms with Crippen LogP contribution in [-0.4, -0.2) is 30.9 Å². The maximum Gasteiger partial charge on any atom is 0.315 e. The van der Waals surface area contributed by atoms with Crippen molar-refractivity contribution in [3.63, 3.8) is 0 Å². The Morgan fingerprint density at radius 1 is 1.21 bits per heavy atom. The van der Waals surface area contributed by atoms with E-state index in [0.717, 1.165) is 16.7 Å². The molecule has 1 N–H and O–H groups in total. The summed E-state index contributed by atoms with van der Waals surface area (Å²) in [4.78, 5) is 12.9. The number of benzene rings is 2. The highest BCUT2D eigenvalue weighted by atomic mass is 16.6. The predicted molar refractivity (Wildman–Crippen MR) is 88.4 cm³/mol. The first-order valence-corrected chi connectivity index (χ1v) is 8.19. The van der Waals surface area contributed by atoms with Gasteiger partial charge in [0.1, 0.15) is 11.0 Å². The van der Waals surface area contributed by atoms with Crippen molar-refractivity contribution in [2.75, 3.05) is 13.7 Å². The van der Waals surface area contributed by atoms with Crippen molar-refractivity contribution in [2.45, 2.75) is 24.5 Å². The molecule has 1 unspecified atom stereocenters. The largest absolute Gasteiger partial charge is 0.468 e. The minimum Gasteiger partial charge on any atom is -0.468 e. The Hall–Kier alpha value is -2.17. The summed E-state index contributed by atoms with van der Waals surface area (Å²) >= 11 is 0. The molecule has 3 atom stereocenters. The second-order valence-corrected chi connectivity index (χ2v) is 6.58. The van der Waals surface area contributed by atoms with Gasteiger partial charge in [-0.2, -0.15) is 0 Å². The molecule has 24 heavy (non-hydrogen) atoms. The molecule has 2 aliphatic rings. The van der Waals surface area contributed by atoms with Crippen LogP contribution in [0.3, 0.4) is 0 Å². The average molecular weight is 324 g/mol. The van der Waals surface area contributed by atoms with Gasteiger partial charge < -0.3 is 14.6 Å². The first kappa shape index (κ1) is 15.4. The van der Waals surface area contributed by atoms with Crippen molar-refractivity contribution < 1.29 is 19.4 Å². The first-order valence-electron chi connectivity index (χ1n) is 8.19. The highest BCUT2D eigenvalue weighted by molar-refractivity contribution is 5.83. The molecule has 0 bridgehead atoms. The van der Waals surface area contributed by atoms with Crippen LogP contribution in [0.4, 0.5) is 0 Å². The standard InChI is InChI=1S/C20H20O4/c1-23-18(22)19-11-14-7-5-6-10-17(14)20(19,24-16(12-19)13-21)15-8-3-2-4-9-15/h2-10,16,21H,11-13H2,1H3/t16?,19-,20-/m1/s1. The Balaban J connectivity index is 2.02. The molecule has 2 aromatic rings. The lowest BCUT2D eigenvalue weighted by molar-refractivity contribution is -0.162. The summed E-state index contributed by atoms with van der Waals surface area (Å²) < 4.78 is 11.6. The lowest BCUT2D eigenvalue weighted by Gasteiger charge is -2.38. The van der Waals surface area contributed by atoms with E-state index in [1.807, 2.05) is 54.6 Å². The maximum absolute atomic E-state index is 12.9. The topological polar surface area (TPSA) is 55.8 Å². The van der Waals surface area contributed by atoms with Gasteiger partial charge in [0.15, 0.2) is 0 Å². The molecule has 1 aliphatic heterocycles. The molecule has 2 aromatic carbocycles. The summed E-state index contributed by atoms with van der Waals surface area (Å²) in [6, 6.07) is 17.8. The molecule has 124 valence electrons. The van der Waals surface area contributed by atoms with Gasteiger partial charge in [-0.15, -0.1) is 0 Å². The van der Waals surface area contributed by atoms with Crippen LogP contribution in [0, 0.1) is 5.41 Å². The lowest BCUT2D eigenvalue weighted by Crippen LogP contribution is -2.46. The molecule has 0 radical (unpaired) electrons. The van der Waals surface area contributed by atoms with E-state index in [9.17, 15) is 9.90 Å². The zero-order valence-electron chi connectivity index (χ0n) is 13.6. The van der Waals surface area contributed by atoms with E-state index in [2.05, 4.69) is 0 Å². The molecular weight excluding hydrogens is 304 g/mol. The highest BCUT2D eigenvalue weighted by Crippen LogP contribution is 2.63. The number of esters is 1. The normalized spacial score (nSPS) is 30.7. The van der Waals surface area contributed by atoms with Gasteiger partial charge in [0, 0.05) is 0 Å². The van der Waals surface area contributed by atoms with Crippen molar-refractivity contribution in [3.8, 4) is 0 Å². The molecule has 1 heterocycles. The fraction of sp³-hybridized carbons (Fsp3) is 0.350. The Bertz CT molecular complexity index is 772. The van der Waals surface area contributed by atoms with Gasteiger partial charge in [0.25, 0.3) is 0 Å². The quantitative estimate of drug-likeness (QED) is 0.881. The molecule has 0 spiro atoms. The third-order valence-corrected chi connectivity index (χ3v) is 5.44. The Morgan fingerprint density at radius 2 is 1.92 bits per heavy atom. The summed E-state index contributed by atoms with van der Waals surface area (Å²) in [5.74, 6) is -0.279. The summed E-state index contributed by atoms with van der Waals surface area (Å²) in [5.41, 5.74) is 1.27. The molecule has 1 fully saturated rings. The van der Waals surface area contributed by atoms with Crippen LogP contribution in [0.1, 0.15) is 23.1 Å². The summed E-state index contributed by atoms with van der Waals surface area (Å²) in [6.07, 6.45) is 0.610. The van der Waals surface area contributed by atoms with Crippen LogP contribution >= 0.6 is 0 Å². The Labute approximate surface area is 141 Å². The number of carbonyl (C=O) groups excluding carboxylic acids is 1. The van der Waals surface area contributed by atoms with E-state index < -0.39 is 17.1 Å². The maximum atomic E-state index is 12.9. The molecule has 1 aliphatic carbocycles. The molecular formula is C20H20O4. The summed E-state index contributed by atoms with van der Waals surface area (Å²) in [7, 11) is 1.42. The van der Waals surface area contributed by atoms with E-state index in [0.29, 0.717) is 12.8 Å². The molecule has 0 aromatic heterocycles. The van der Waals surface area contributed by atoms with E-state index >= 15 is 0 Å². The number of aliphatic hydroxyl groups is 1. The van der Waals surface area contributed by atoms with Gasteiger partial charge in [0.2, 0.25) is 0 Å². The third kappa shape index (κ3) is 1.78. The van der Waals surface area contributed by atoms with Gasteiger partial charge in [-0.05, 0) is 29.5 Å². The number of aliphatic hydroxyl groups excluding tert-OH is 1. The monoisotopic (exact) mass is 324 g/mol. The van der Waals surface area contributed by atoms with E-state index in [1.54, 1.807) is 0 Å². The average Bonchev–Trinajstić information content (AvgIpc) is 3.11. The van der Waals surface area contributed by atoms with Crippen LogP contribution in [0.15, 0.2) is 54.6 Å². The minimum atomic E-state index is -0.911. The lowest BCUT2D eigenvalue weighted by atomic mass is 9.68. The van der Waals surface area contributed by atoms with Gasteiger partial charge in [-0.1, -0.05) is 54.6 Å². The molecule has 4 rings (SSSR count). The van der Waals surface area contributed by atoms with Crippen molar-refractivity contribution in [3.05, 3.63) is 71.3 Å². The van der Waals surface area contributed by atoms with Crippen LogP contribution in [-0.2, 0) is 26.3 Å². The number of hydrogen-bond acceptors (Lipinski definition) is 4. The number of carbonyl (C=O) groups is 1. The van der Waals surface area contributed by atoms with E-state index in [1.165, 1.54) is 7.11 Å². The van der Waals surface area contributed by atoms with Crippen molar-refractivity contribution in [1.29, 1.82) is 0 Å². The third-order valence-electron chi connectivity index (χ3n) is 5.44. The van der Waals surface area contributed by atoms with Crippen LogP contribution in [0.5, 0.6) is 0 Å².